The van der Waals surface area contributed by atoms with Gasteiger partial charge in [0.1, 0.15) is 12.4 Å². The summed E-state index contributed by atoms with van der Waals surface area (Å²) in [5.41, 5.74) is 0. The van der Waals surface area contributed by atoms with Gasteiger partial charge in [0.2, 0.25) is 10.0 Å². The van der Waals surface area contributed by atoms with Crippen LogP contribution in [0.1, 0.15) is 25.0 Å². The fraction of sp³-hybridized carbons (Fsp3) is 0.583. The SMILES string of the molecule is CCS(=O)(=O)N1CCCn2c(nnc2Cn2cccn2)C1. The zero-order chi connectivity index (χ0) is 14.9. The third-order valence-electron chi connectivity index (χ3n) is 3.63. The van der Waals surface area contributed by atoms with Gasteiger partial charge in [-0.2, -0.15) is 9.40 Å². The normalized spacial score (nSPS) is 16.6. The van der Waals surface area contributed by atoms with E-state index in [2.05, 4.69) is 15.3 Å². The third-order valence-corrected chi connectivity index (χ3v) is 5.46. The first kappa shape index (κ1) is 14.2. The van der Waals surface area contributed by atoms with Crippen LogP contribution in [0.25, 0.3) is 0 Å². The second kappa shape index (κ2) is 5.57. The Balaban J connectivity index is 1.85. The Morgan fingerprint density at radius 2 is 2.14 bits per heavy atom. The summed E-state index contributed by atoms with van der Waals surface area (Å²) in [6.07, 6.45) is 4.35. The molecule has 1 aliphatic rings. The predicted molar refractivity (Wildman–Crippen MR) is 75.8 cm³/mol. The highest BCUT2D eigenvalue weighted by Gasteiger charge is 2.26. The van der Waals surface area contributed by atoms with Crippen LogP contribution in [0.4, 0.5) is 0 Å². The average molecular weight is 310 g/mol. The Morgan fingerprint density at radius 3 is 2.86 bits per heavy atom. The van der Waals surface area contributed by atoms with Gasteiger partial charge in [-0.3, -0.25) is 4.68 Å². The fourth-order valence-electron chi connectivity index (χ4n) is 2.47. The summed E-state index contributed by atoms with van der Waals surface area (Å²) in [6.45, 7) is 3.76. The van der Waals surface area contributed by atoms with E-state index in [0.29, 0.717) is 25.5 Å². The molecular weight excluding hydrogens is 292 g/mol. The molecule has 0 aromatic carbocycles. The summed E-state index contributed by atoms with van der Waals surface area (Å²) in [6, 6.07) is 1.86. The van der Waals surface area contributed by atoms with Crippen LogP contribution >= 0.6 is 0 Å². The van der Waals surface area contributed by atoms with Gasteiger partial charge in [0, 0.05) is 25.5 Å². The van der Waals surface area contributed by atoms with Crippen molar-refractivity contribution in [2.75, 3.05) is 12.3 Å². The van der Waals surface area contributed by atoms with E-state index < -0.39 is 10.0 Å². The van der Waals surface area contributed by atoms with Gasteiger partial charge in [-0.15, -0.1) is 10.2 Å². The lowest BCUT2D eigenvalue weighted by atomic mass is 10.4. The molecule has 0 saturated carbocycles. The first-order valence-electron chi connectivity index (χ1n) is 6.96. The monoisotopic (exact) mass is 310 g/mol. The molecule has 0 atom stereocenters. The Bertz CT molecular complexity index is 706. The van der Waals surface area contributed by atoms with Crippen molar-refractivity contribution in [2.45, 2.75) is 33.0 Å². The van der Waals surface area contributed by atoms with Gasteiger partial charge >= 0.3 is 0 Å². The zero-order valence-corrected chi connectivity index (χ0v) is 12.7. The molecule has 2 aromatic heterocycles. The van der Waals surface area contributed by atoms with Crippen molar-refractivity contribution < 1.29 is 8.42 Å². The van der Waals surface area contributed by atoms with Gasteiger partial charge in [-0.05, 0) is 19.4 Å². The zero-order valence-electron chi connectivity index (χ0n) is 11.9. The molecule has 114 valence electrons. The molecule has 0 bridgehead atoms. The van der Waals surface area contributed by atoms with Crippen LogP contribution in [0.5, 0.6) is 0 Å². The van der Waals surface area contributed by atoms with Crippen molar-refractivity contribution in [1.82, 2.24) is 28.9 Å². The van der Waals surface area contributed by atoms with Gasteiger partial charge in [0.15, 0.2) is 5.82 Å². The highest BCUT2D eigenvalue weighted by Crippen LogP contribution is 2.16. The van der Waals surface area contributed by atoms with Crippen molar-refractivity contribution in [3.63, 3.8) is 0 Å². The largest absolute Gasteiger partial charge is 0.312 e. The van der Waals surface area contributed by atoms with Crippen LogP contribution in [0.2, 0.25) is 0 Å². The summed E-state index contributed by atoms with van der Waals surface area (Å²) in [4.78, 5) is 0. The second-order valence-electron chi connectivity index (χ2n) is 4.98. The highest BCUT2D eigenvalue weighted by molar-refractivity contribution is 7.89. The molecule has 0 saturated heterocycles. The molecule has 0 aliphatic carbocycles. The minimum atomic E-state index is -3.19. The van der Waals surface area contributed by atoms with Crippen LogP contribution in [-0.4, -0.2) is 49.6 Å². The van der Waals surface area contributed by atoms with E-state index in [4.69, 9.17) is 0 Å². The van der Waals surface area contributed by atoms with E-state index >= 15 is 0 Å². The summed E-state index contributed by atoms with van der Waals surface area (Å²) in [5, 5.41) is 12.5. The van der Waals surface area contributed by atoms with Gasteiger partial charge in [0.05, 0.1) is 12.3 Å². The van der Waals surface area contributed by atoms with E-state index in [1.54, 1.807) is 17.8 Å². The smallest absolute Gasteiger partial charge is 0.214 e. The van der Waals surface area contributed by atoms with Crippen LogP contribution in [-0.2, 0) is 29.7 Å². The van der Waals surface area contributed by atoms with E-state index in [9.17, 15) is 8.42 Å². The van der Waals surface area contributed by atoms with Gasteiger partial charge in [-0.25, -0.2) is 8.42 Å². The Morgan fingerprint density at radius 1 is 1.29 bits per heavy atom. The Labute approximate surface area is 123 Å². The number of aromatic nitrogens is 5. The molecule has 3 heterocycles. The summed E-state index contributed by atoms with van der Waals surface area (Å²) in [7, 11) is -3.19. The lowest BCUT2D eigenvalue weighted by Crippen LogP contribution is -2.32. The lowest BCUT2D eigenvalue weighted by molar-refractivity contribution is 0.406. The minimum Gasteiger partial charge on any atom is -0.312 e. The number of hydrogen-bond acceptors (Lipinski definition) is 5. The van der Waals surface area contributed by atoms with Crippen molar-refractivity contribution in [3.8, 4) is 0 Å². The molecule has 0 radical (unpaired) electrons. The molecule has 0 unspecified atom stereocenters. The van der Waals surface area contributed by atoms with Crippen molar-refractivity contribution >= 4 is 10.0 Å². The maximum Gasteiger partial charge on any atom is 0.214 e. The standard InChI is InChI=1S/C12H18N6O2S/c1-2-21(19,20)17-7-4-8-18-11(14-15-12(18)10-17)9-16-6-3-5-13-16/h3,5-6H,2,4,7-10H2,1H3. The molecule has 2 aromatic rings. The number of sulfonamides is 1. The minimum absolute atomic E-state index is 0.112. The Kier molecular flexibility index (Phi) is 3.77. The summed E-state index contributed by atoms with van der Waals surface area (Å²) >= 11 is 0. The molecule has 0 fully saturated rings. The number of fused-ring (bicyclic) bond motifs is 1. The van der Waals surface area contributed by atoms with Crippen molar-refractivity contribution in [2.24, 2.45) is 0 Å². The topological polar surface area (TPSA) is 85.9 Å². The van der Waals surface area contributed by atoms with E-state index in [1.807, 2.05) is 16.8 Å². The van der Waals surface area contributed by atoms with E-state index in [0.717, 1.165) is 18.8 Å². The van der Waals surface area contributed by atoms with Crippen LogP contribution < -0.4 is 0 Å². The molecule has 0 N–H and O–H groups in total. The average Bonchev–Trinajstić information content (AvgIpc) is 3.05. The quantitative estimate of drug-likeness (QED) is 0.798. The van der Waals surface area contributed by atoms with Crippen molar-refractivity contribution in [3.05, 3.63) is 30.1 Å². The molecule has 21 heavy (non-hydrogen) atoms. The van der Waals surface area contributed by atoms with Gasteiger partial charge < -0.3 is 4.57 Å². The van der Waals surface area contributed by atoms with Crippen LogP contribution in [0.3, 0.4) is 0 Å². The molecule has 8 nitrogen and oxygen atoms in total. The van der Waals surface area contributed by atoms with Crippen LogP contribution in [0.15, 0.2) is 18.5 Å². The van der Waals surface area contributed by atoms with Crippen LogP contribution in [0, 0.1) is 0 Å². The third kappa shape index (κ3) is 2.84. The second-order valence-corrected chi connectivity index (χ2v) is 7.23. The van der Waals surface area contributed by atoms with Crippen molar-refractivity contribution in [1.29, 1.82) is 0 Å². The maximum absolute atomic E-state index is 12.0. The van der Waals surface area contributed by atoms with E-state index in [-0.39, 0.29) is 5.75 Å². The molecular formula is C12H18N6O2S. The number of hydrogen-bond donors (Lipinski definition) is 0. The Hall–Kier alpha value is -1.74. The predicted octanol–water partition coefficient (Wildman–Crippen LogP) is 0.0783. The molecule has 9 heteroatoms. The van der Waals surface area contributed by atoms with Gasteiger partial charge in [-0.1, -0.05) is 0 Å². The molecule has 1 aliphatic heterocycles. The fourth-order valence-corrected chi connectivity index (χ4v) is 3.55. The number of rotatable bonds is 4. The molecule has 3 rings (SSSR count). The molecule has 0 amide bonds. The number of nitrogens with zero attached hydrogens (tertiary/aromatic N) is 6. The summed E-state index contributed by atoms with van der Waals surface area (Å²) < 4.78 is 29.4. The van der Waals surface area contributed by atoms with Gasteiger partial charge in [0.25, 0.3) is 0 Å². The lowest BCUT2D eigenvalue weighted by Gasteiger charge is -2.17. The highest BCUT2D eigenvalue weighted by atomic mass is 32.2. The van der Waals surface area contributed by atoms with E-state index in [1.165, 1.54) is 4.31 Å². The summed E-state index contributed by atoms with van der Waals surface area (Å²) in [5.74, 6) is 1.62. The maximum atomic E-state index is 12.0. The molecule has 0 spiro atoms. The first-order chi connectivity index (χ1) is 10.1. The first-order valence-corrected chi connectivity index (χ1v) is 8.57.